The zero-order valence-corrected chi connectivity index (χ0v) is 12.4. The Morgan fingerprint density at radius 2 is 1.83 bits per heavy atom. The highest BCUT2D eigenvalue weighted by Crippen LogP contribution is 2.32. The Kier molecular flexibility index (Phi) is 4.55. The lowest BCUT2D eigenvalue weighted by atomic mass is 9.79. The molecule has 0 radical (unpaired) electrons. The van der Waals surface area contributed by atoms with Crippen LogP contribution in [0.15, 0.2) is 18.2 Å². The van der Waals surface area contributed by atoms with Crippen LogP contribution in [0.2, 0.25) is 5.02 Å². The van der Waals surface area contributed by atoms with Crippen LogP contribution in [-0.4, -0.2) is 6.04 Å². The van der Waals surface area contributed by atoms with Crippen molar-refractivity contribution in [1.29, 1.82) is 0 Å². The summed E-state index contributed by atoms with van der Waals surface area (Å²) in [5.41, 5.74) is 2.49. The van der Waals surface area contributed by atoms with Crippen LogP contribution in [0.1, 0.15) is 45.1 Å². The molecule has 1 aliphatic carbocycles. The Morgan fingerprint density at radius 1 is 1.17 bits per heavy atom. The Morgan fingerprint density at radius 3 is 2.39 bits per heavy atom. The van der Waals surface area contributed by atoms with Gasteiger partial charge in [-0.25, -0.2) is 0 Å². The minimum Gasteiger partial charge on any atom is -0.382 e. The molecule has 1 N–H and O–H groups in total. The average Bonchev–Trinajstić information content (AvgIpc) is 2.33. The summed E-state index contributed by atoms with van der Waals surface area (Å²) in [6, 6.07) is 6.74. The maximum atomic E-state index is 5.99. The zero-order chi connectivity index (χ0) is 13.1. The van der Waals surface area contributed by atoms with Gasteiger partial charge < -0.3 is 5.32 Å². The third kappa shape index (κ3) is 3.41. The minimum absolute atomic E-state index is 0.639. The molecular weight excluding hydrogens is 242 g/mol. The molecule has 0 atom stereocenters. The van der Waals surface area contributed by atoms with Gasteiger partial charge in [-0.3, -0.25) is 0 Å². The SMILES string of the molecule is Cc1cc(Cl)ccc1NC1CCC(C(C)C)CC1. The van der Waals surface area contributed by atoms with Gasteiger partial charge in [-0.15, -0.1) is 0 Å². The normalized spacial score (nSPS) is 24.3. The van der Waals surface area contributed by atoms with Gasteiger partial charge in [0.25, 0.3) is 0 Å². The molecule has 0 bridgehead atoms. The predicted molar refractivity (Wildman–Crippen MR) is 80.4 cm³/mol. The van der Waals surface area contributed by atoms with Gasteiger partial charge in [-0.1, -0.05) is 25.4 Å². The molecule has 1 aromatic rings. The van der Waals surface area contributed by atoms with E-state index >= 15 is 0 Å². The monoisotopic (exact) mass is 265 g/mol. The molecule has 2 heteroatoms. The van der Waals surface area contributed by atoms with Crippen molar-refractivity contribution in [3.63, 3.8) is 0 Å². The van der Waals surface area contributed by atoms with E-state index in [0.717, 1.165) is 16.9 Å². The van der Waals surface area contributed by atoms with Crippen LogP contribution in [0.4, 0.5) is 5.69 Å². The van der Waals surface area contributed by atoms with Crippen LogP contribution in [0.5, 0.6) is 0 Å². The quantitative estimate of drug-likeness (QED) is 0.785. The van der Waals surface area contributed by atoms with E-state index in [1.165, 1.54) is 36.9 Å². The topological polar surface area (TPSA) is 12.0 Å². The van der Waals surface area contributed by atoms with E-state index in [1.54, 1.807) is 0 Å². The van der Waals surface area contributed by atoms with Crippen molar-refractivity contribution in [2.75, 3.05) is 5.32 Å². The molecule has 18 heavy (non-hydrogen) atoms. The number of hydrogen-bond acceptors (Lipinski definition) is 1. The van der Waals surface area contributed by atoms with Gasteiger partial charge in [0, 0.05) is 16.8 Å². The number of aryl methyl sites for hydroxylation is 1. The highest BCUT2D eigenvalue weighted by atomic mass is 35.5. The fourth-order valence-electron chi connectivity index (χ4n) is 2.94. The van der Waals surface area contributed by atoms with Crippen LogP contribution < -0.4 is 5.32 Å². The van der Waals surface area contributed by atoms with E-state index in [9.17, 15) is 0 Å². The van der Waals surface area contributed by atoms with Crippen molar-refractivity contribution in [3.8, 4) is 0 Å². The van der Waals surface area contributed by atoms with Crippen molar-refractivity contribution in [2.24, 2.45) is 11.8 Å². The molecule has 1 aliphatic rings. The number of hydrogen-bond donors (Lipinski definition) is 1. The fourth-order valence-corrected chi connectivity index (χ4v) is 3.17. The molecule has 0 saturated heterocycles. The van der Waals surface area contributed by atoms with Crippen LogP contribution in [0.3, 0.4) is 0 Å². The van der Waals surface area contributed by atoms with Crippen molar-refractivity contribution in [3.05, 3.63) is 28.8 Å². The van der Waals surface area contributed by atoms with E-state index in [2.05, 4.69) is 32.2 Å². The van der Waals surface area contributed by atoms with E-state index in [4.69, 9.17) is 11.6 Å². The molecule has 0 spiro atoms. The highest BCUT2D eigenvalue weighted by Gasteiger charge is 2.23. The molecule has 2 rings (SSSR count). The van der Waals surface area contributed by atoms with Gasteiger partial charge in [-0.2, -0.15) is 0 Å². The molecular formula is C16H24ClN. The second-order valence-corrected chi connectivity index (χ2v) is 6.40. The molecule has 1 aromatic carbocycles. The first-order valence-electron chi connectivity index (χ1n) is 7.09. The summed E-state index contributed by atoms with van der Waals surface area (Å²) in [7, 11) is 0. The summed E-state index contributed by atoms with van der Waals surface area (Å²) in [6.45, 7) is 6.82. The zero-order valence-electron chi connectivity index (χ0n) is 11.7. The third-order valence-corrected chi connectivity index (χ3v) is 4.50. The minimum atomic E-state index is 0.639. The van der Waals surface area contributed by atoms with Crippen molar-refractivity contribution >= 4 is 17.3 Å². The van der Waals surface area contributed by atoms with E-state index in [1.807, 2.05) is 12.1 Å². The predicted octanol–water partition coefficient (Wildman–Crippen LogP) is 5.28. The Bertz CT molecular complexity index is 392. The van der Waals surface area contributed by atoms with Crippen molar-refractivity contribution in [1.82, 2.24) is 0 Å². The van der Waals surface area contributed by atoms with Crippen LogP contribution in [-0.2, 0) is 0 Å². The molecule has 1 saturated carbocycles. The Balaban J connectivity index is 1.91. The number of benzene rings is 1. The molecule has 0 heterocycles. The largest absolute Gasteiger partial charge is 0.382 e. The van der Waals surface area contributed by atoms with E-state index in [0.29, 0.717) is 6.04 Å². The third-order valence-electron chi connectivity index (χ3n) is 4.26. The lowest BCUT2D eigenvalue weighted by molar-refractivity contribution is 0.267. The van der Waals surface area contributed by atoms with Gasteiger partial charge in [0.15, 0.2) is 0 Å². The maximum absolute atomic E-state index is 5.99. The molecule has 1 nitrogen and oxygen atoms in total. The molecule has 0 unspecified atom stereocenters. The maximum Gasteiger partial charge on any atom is 0.0410 e. The number of rotatable bonds is 3. The number of halogens is 1. The summed E-state index contributed by atoms with van der Waals surface area (Å²) >= 11 is 5.99. The number of nitrogens with one attached hydrogen (secondary N) is 1. The fraction of sp³-hybridized carbons (Fsp3) is 0.625. The summed E-state index contributed by atoms with van der Waals surface area (Å²) in [5.74, 6) is 1.76. The Hall–Kier alpha value is -0.690. The average molecular weight is 266 g/mol. The first-order chi connectivity index (χ1) is 8.56. The first kappa shape index (κ1) is 13.7. The lowest BCUT2D eigenvalue weighted by Gasteiger charge is -2.32. The molecule has 100 valence electrons. The summed E-state index contributed by atoms with van der Waals surface area (Å²) in [5, 5.41) is 4.50. The summed E-state index contributed by atoms with van der Waals surface area (Å²) < 4.78 is 0. The standard InChI is InChI=1S/C16H24ClN/c1-11(2)13-4-7-15(8-5-13)18-16-9-6-14(17)10-12(16)3/h6,9-11,13,15,18H,4-5,7-8H2,1-3H3. The molecule has 0 amide bonds. The van der Waals surface area contributed by atoms with Crippen molar-refractivity contribution < 1.29 is 0 Å². The smallest absolute Gasteiger partial charge is 0.0410 e. The molecule has 0 aliphatic heterocycles. The highest BCUT2D eigenvalue weighted by molar-refractivity contribution is 6.30. The van der Waals surface area contributed by atoms with Gasteiger partial charge in [0.1, 0.15) is 0 Å². The summed E-state index contributed by atoms with van der Waals surface area (Å²) in [6.07, 6.45) is 5.32. The first-order valence-corrected chi connectivity index (χ1v) is 7.46. The van der Waals surface area contributed by atoms with Gasteiger partial charge >= 0.3 is 0 Å². The van der Waals surface area contributed by atoms with Crippen LogP contribution in [0.25, 0.3) is 0 Å². The lowest BCUT2D eigenvalue weighted by Crippen LogP contribution is -2.28. The van der Waals surface area contributed by atoms with Gasteiger partial charge in [0.2, 0.25) is 0 Å². The van der Waals surface area contributed by atoms with Crippen molar-refractivity contribution in [2.45, 2.75) is 52.5 Å². The van der Waals surface area contributed by atoms with Crippen LogP contribution >= 0.6 is 11.6 Å². The van der Waals surface area contributed by atoms with Gasteiger partial charge in [-0.05, 0) is 68.2 Å². The second-order valence-electron chi connectivity index (χ2n) is 5.96. The molecule has 1 fully saturated rings. The Labute approximate surface area is 116 Å². The van der Waals surface area contributed by atoms with E-state index in [-0.39, 0.29) is 0 Å². The number of anilines is 1. The summed E-state index contributed by atoms with van der Waals surface area (Å²) in [4.78, 5) is 0. The van der Waals surface area contributed by atoms with E-state index < -0.39 is 0 Å². The van der Waals surface area contributed by atoms with Gasteiger partial charge in [0.05, 0.1) is 0 Å². The second kappa shape index (κ2) is 5.97. The molecule has 0 aromatic heterocycles. The van der Waals surface area contributed by atoms with Crippen LogP contribution in [0, 0.1) is 18.8 Å².